The Kier molecular flexibility index (Phi) is 6.51. The number of hydrogen-bond donors (Lipinski definition) is 1. The first-order valence-corrected chi connectivity index (χ1v) is 11.2. The van der Waals surface area contributed by atoms with Gasteiger partial charge in [0.2, 0.25) is 15.9 Å². The van der Waals surface area contributed by atoms with E-state index in [2.05, 4.69) is 5.32 Å². The molecule has 0 bridgehead atoms. The Morgan fingerprint density at radius 3 is 2.39 bits per heavy atom. The summed E-state index contributed by atoms with van der Waals surface area (Å²) in [5.74, 6) is -0.920. The third-order valence-corrected chi connectivity index (χ3v) is 7.36. The molecule has 0 saturated carbocycles. The summed E-state index contributed by atoms with van der Waals surface area (Å²) in [4.78, 5) is 34.8. The fourth-order valence-corrected chi connectivity index (χ4v) is 5.09. The third kappa shape index (κ3) is 4.80. The predicted molar refractivity (Wildman–Crippen MR) is 114 cm³/mol. The van der Waals surface area contributed by atoms with E-state index < -0.39 is 20.9 Å². The fraction of sp³-hybridized carbons (Fsp3) is 0.333. The second kappa shape index (κ2) is 8.94. The number of ketones is 1. The van der Waals surface area contributed by atoms with Crippen molar-refractivity contribution in [3.8, 4) is 0 Å². The van der Waals surface area contributed by atoms with Crippen LogP contribution in [0.5, 0.6) is 0 Å². The lowest BCUT2D eigenvalue weighted by Gasteiger charge is -2.30. The van der Waals surface area contributed by atoms with Crippen molar-refractivity contribution >= 4 is 33.1 Å². The summed E-state index contributed by atoms with van der Waals surface area (Å²) in [5, 5.41) is 13.8. The van der Waals surface area contributed by atoms with Gasteiger partial charge in [0.15, 0.2) is 5.78 Å². The van der Waals surface area contributed by atoms with Crippen LogP contribution in [0.1, 0.15) is 35.7 Å². The molecule has 0 aliphatic carbocycles. The van der Waals surface area contributed by atoms with Gasteiger partial charge >= 0.3 is 0 Å². The summed E-state index contributed by atoms with van der Waals surface area (Å²) in [6.07, 6.45) is 0.650. The predicted octanol–water partition coefficient (Wildman–Crippen LogP) is 3.15. The third-order valence-electron chi connectivity index (χ3n) is 5.46. The minimum absolute atomic E-state index is 0.0512. The van der Waals surface area contributed by atoms with Crippen LogP contribution in [0.4, 0.5) is 11.4 Å². The fourth-order valence-electron chi connectivity index (χ4n) is 3.57. The summed E-state index contributed by atoms with van der Waals surface area (Å²) in [6, 6.07) is 10.4. The van der Waals surface area contributed by atoms with Crippen LogP contribution in [0.2, 0.25) is 0 Å². The van der Waals surface area contributed by atoms with Gasteiger partial charge in [-0.05, 0) is 44.9 Å². The van der Waals surface area contributed by atoms with E-state index in [1.54, 1.807) is 19.1 Å². The van der Waals surface area contributed by atoms with Crippen LogP contribution >= 0.6 is 0 Å². The van der Waals surface area contributed by atoms with Crippen molar-refractivity contribution in [3.05, 3.63) is 63.7 Å². The van der Waals surface area contributed by atoms with Crippen LogP contribution in [0.25, 0.3) is 0 Å². The molecule has 1 saturated heterocycles. The molecule has 2 aromatic carbocycles. The molecule has 2 aromatic rings. The summed E-state index contributed by atoms with van der Waals surface area (Å²) in [6.45, 7) is 3.27. The highest BCUT2D eigenvalue weighted by Gasteiger charge is 2.32. The highest BCUT2D eigenvalue weighted by molar-refractivity contribution is 7.89. The van der Waals surface area contributed by atoms with E-state index in [-0.39, 0.29) is 35.4 Å². The number of Topliss-reactive ketones (excluding diaryl/α,β-unsaturated/α-hetero) is 1. The molecule has 0 radical (unpaired) electrons. The van der Waals surface area contributed by atoms with Crippen molar-refractivity contribution in [2.45, 2.75) is 31.6 Å². The molecule has 164 valence electrons. The number of carbonyl (C=O) groups excluding carboxylic acids is 2. The number of nitrogens with zero attached hydrogens (tertiary/aromatic N) is 2. The minimum atomic E-state index is -3.77. The number of carbonyl (C=O) groups is 2. The van der Waals surface area contributed by atoms with Crippen molar-refractivity contribution < 1.29 is 22.9 Å². The molecule has 0 unspecified atom stereocenters. The highest BCUT2D eigenvalue weighted by atomic mass is 32.2. The van der Waals surface area contributed by atoms with E-state index in [1.165, 1.54) is 41.6 Å². The number of sulfonamides is 1. The Bertz CT molecular complexity index is 1140. The van der Waals surface area contributed by atoms with Gasteiger partial charge in [-0.1, -0.05) is 18.2 Å². The van der Waals surface area contributed by atoms with Crippen LogP contribution in [0.3, 0.4) is 0 Å². The Labute approximate surface area is 180 Å². The number of anilines is 1. The van der Waals surface area contributed by atoms with Crippen LogP contribution in [-0.4, -0.2) is 42.4 Å². The molecule has 0 spiro atoms. The van der Waals surface area contributed by atoms with Crippen LogP contribution in [-0.2, 0) is 14.8 Å². The van der Waals surface area contributed by atoms with E-state index in [4.69, 9.17) is 0 Å². The van der Waals surface area contributed by atoms with Gasteiger partial charge in [-0.15, -0.1) is 0 Å². The SMILES string of the molecule is CC(=O)c1cccc(S(=O)(=O)N2CCC(C(=O)Nc3cccc([N+](=O)[O-])c3C)CC2)c1. The van der Waals surface area contributed by atoms with Crippen LogP contribution < -0.4 is 5.32 Å². The zero-order valence-corrected chi connectivity index (χ0v) is 18.0. The second-order valence-electron chi connectivity index (χ2n) is 7.46. The maximum Gasteiger partial charge on any atom is 0.274 e. The Hall–Kier alpha value is -3.11. The molecule has 1 aliphatic rings. The van der Waals surface area contributed by atoms with E-state index >= 15 is 0 Å². The average Bonchev–Trinajstić information content (AvgIpc) is 2.75. The molecular formula is C21H23N3O6S. The maximum atomic E-state index is 12.9. The normalized spacial score (nSPS) is 15.4. The summed E-state index contributed by atoms with van der Waals surface area (Å²) < 4.78 is 27.2. The van der Waals surface area contributed by atoms with Crippen molar-refractivity contribution in [3.63, 3.8) is 0 Å². The van der Waals surface area contributed by atoms with E-state index in [0.29, 0.717) is 29.7 Å². The molecule has 31 heavy (non-hydrogen) atoms. The van der Waals surface area contributed by atoms with Crippen LogP contribution in [0.15, 0.2) is 47.4 Å². The number of nitro benzene ring substituents is 1. The topological polar surface area (TPSA) is 127 Å². The molecule has 0 aromatic heterocycles. The standard InChI is InChI=1S/C21H23N3O6S/c1-14-19(7-4-8-20(14)24(27)28)22-21(26)16-9-11-23(12-10-16)31(29,30)18-6-3-5-17(13-18)15(2)25/h3-8,13,16H,9-12H2,1-2H3,(H,22,26). The van der Waals surface area contributed by atoms with Crippen molar-refractivity contribution in [2.24, 2.45) is 5.92 Å². The van der Waals surface area contributed by atoms with Gasteiger partial charge in [0.25, 0.3) is 5.69 Å². The zero-order chi connectivity index (χ0) is 22.8. The van der Waals surface area contributed by atoms with Gasteiger partial charge in [0.05, 0.1) is 21.1 Å². The number of nitro groups is 1. The van der Waals surface area contributed by atoms with Gasteiger partial charge in [0.1, 0.15) is 0 Å². The Morgan fingerprint density at radius 1 is 1.13 bits per heavy atom. The molecule has 1 amide bonds. The molecule has 1 aliphatic heterocycles. The first-order valence-electron chi connectivity index (χ1n) is 9.77. The lowest BCUT2D eigenvalue weighted by atomic mass is 9.97. The Balaban J connectivity index is 1.67. The smallest absolute Gasteiger partial charge is 0.274 e. The summed E-state index contributed by atoms with van der Waals surface area (Å²) in [5.41, 5.74) is 0.982. The molecule has 3 rings (SSSR count). The number of benzene rings is 2. The lowest BCUT2D eigenvalue weighted by Crippen LogP contribution is -2.41. The molecular weight excluding hydrogens is 422 g/mol. The van der Waals surface area contributed by atoms with Gasteiger partial charge in [-0.2, -0.15) is 4.31 Å². The maximum absolute atomic E-state index is 12.9. The summed E-state index contributed by atoms with van der Waals surface area (Å²) in [7, 11) is -3.77. The molecule has 1 heterocycles. The van der Waals surface area contributed by atoms with Gasteiger partial charge < -0.3 is 5.32 Å². The number of amides is 1. The monoisotopic (exact) mass is 445 g/mol. The lowest BCUT2D eigenvalue weighted by molar-refractivity contribution is -0.385. The zero-order valence-electron chi connectivity index (χ0n) is 17.2. The molecule has 9 nitrogen and oxygen atoms in total. The molecule has 10 heteroatoms. The van der Waals surface area contributed by atoms with Gasteiger partial charge in [-0.3, -0.25) is 19.7 Å². The molecule has 0 atom stereocenters. The van der Waals surface area contributed by atoms with E-state index in [0.717, 1.165) is 0 Å². The minimum Gasteiger partial charge on any atom is -0.325 e. The highest BCUT2D eigenvalue weighted by Crippen LogP contribution is 2.28. The summed E-state index contributed by atoms with van der Waals surface area (Å²) >= 11 is 0. The average molecular weight is 445 g/mol. The van der Waals surface area contributed by atoms with E-state index in [1.807, 2.05) is 0 Å². The van der Waals surface area contributed by atoms with Crippen molar-refractivity contribution in [1.29, 1.82) is 0 Å². The second-order valence-corrected chi connectivity index (χ2v) is 9.40. The van der Waals surface area contributed by atoms with Crippen LogP contribution in [0, 0.1) is 23.0 Å². The van der Waals surface area contributed by atoms with Gasteiger partial charge in [0, 0.05) is 30.6 Å². The Morgan fingerprint density at radius 2 is 1.77 bits per heavy atom. The number of piperidine rings is 1. The van der Waals surface area contributed by atoms with Crippen molar-refractivity contribution in [2.75, 3.05) is 18.4 Å². The number of rotatable bonds is 6. The number of hydrogen-bond acceptors (Lipinski definition) is 6. The first-order chi connectivity index (χ1) is 14.6. The first kappa shape index (κ1) is 22.6. The van der Waals surface area contributed by atoms with E-state index in [9.17, 15) is 28.1 Å². The quantitative estimate of drug-likeness (QED) is 0.413. The van der Waals surface area contributed by atoms with Crippen molar-refractivity contribution in [1.82, 2.24) is 4.31 Å². The molecule has 1 fully saturated rings. The number of nitrogens with one attached hydrogen (secondary N) is 1. The largest absolute Gasteiger partial charge is 0.325 e. The van der Waals surface area contributed by atoms with Gasteiger partial charge in [-0.25, -0.2) is 8.42 Å². The molecule has 1 N–H and O–H groups in total.